The molecule has 0 radical (unpaired) electrons. The number of benzene rings is 3. The van der Waals surface area contributed by atoms with Crippen molar-refractivity contribution >= 4 is 27.5 Å². The third kappa shape index (κ3) is 3.50. The summed E-state index contributed by atoms with van der Waals surface area (Å²) in [5, 5.41) is 8.16. The minimum Gasteiger partial charge on any atom is -0.370 e. The first-order valence-corrected chi connectivity index (χ1v) is 9.53. The van der Waals surface area contributed by atoms with E-state index in [-0.39, 0.29) is 11.4 Å². The molecule has 0 spiro atoms. The van der Waals surface area contributed by atoms with Crippen LogP contribution in [0.5, 0.6) is 0 Å². The first kappa shape index (κ1) is 19.2. The maximum absolute atomic E-state index is 14.0. The largest absolute Gasteiger partial charge is 0.412 e. The van der Waals surface area contributed by atoms with Crippen molar-refractivity contribution in [2.24, 2.45) is 0 Å². The predicted molar refractivity (Wildman–Crippen MR) is 112 cm³/mol. The van der Waals surface area contributed by atoms with E-state index in [1.54, 1.807) is 53.3 Å². The third-order valence-electron chi connectivity index (χ3n) is 5.22. The summed E-state index contributed by atoms with van der Waals surface area (Å²) >= 11 is 0. The fourth-order valence-electron chi connectivity index (χ4n) is 3.74. The van der Waals surface area contributed by atoms with Crippen LogP contribution in [0.3, 0.4) is 0 Å². The Morgan fingerprint density at radius 2 is 1.77 bits per heavy atom. The van der Waals surface area contributed by atoms with E-state index in [2.05, 4.69) is 15.4 Å². The number of H-pyrrole nitrogens is 1. The number of fused-ring (bicyclic) bond motifs is 2. The van der Waals surface area contributed by atoms with Gasteiger partial charge in [0.1, 0.15) is 11.9 Å². The Morgan fingerprint density at radius 3 is 2.55 bits per heavy atom. The molecule has 1 unspecified atom stereocenters. The Hall–Kier alpha value is -3.81. The lowest BCUT2D eigenvalue weighted by molar-refractivity contribution is -0.143. The van der Waals surface area contributed by atoms with E-state index in [9.17, 15) is 17.6 Å². The van der Waals surface area contributed by atoms with Crippen molar-refractivity contribution in [1.29, 1.82) is 0 Å². The second-order valence-electron chi connectivity index (χ2n) is 7.21. The summed E-state index contributed by atoms with van der Waals surface area (Å²) in [6, 6.07) is 15.2. The highest BCUT2D eigenvalue weighted by Gasteiger charge is 2.41. The molecule has 5 rings (SSSR count). The molecule has 0 bridgehead atoms. The molecule has 3 aromatic carbocycles. The van der Waals surface area contributed by atoms with Gasteiger partial charge in [0.2, 0.25) is 0 Å². The molecule has 156 valence electrons. The molecular formula is C23H16F4N4. The van der Waals surface area contributed by atoms with Gasteiger partial charge in [0.15, 0.2) is 0 Å². The molecule has 31 heavy (non-hydrogen) atoms. The molecule has 4 nitrogen and oxygen atoms in total. The van der Waals surface area contributed by atoms with Crippen LogP contribution in [0.4, 0.5) is 23.2 Å². The summed E-state index contributed by atoms with van der Waals surface area (Å²) in [5.74, 6) is -0.376. The van der Waals surface area contributed by atoms with Crippen molar-refractivity contribution in [2.75, 3.05) is 5.32 Å². The van der Waals surface area contributed by atoms with Crippen LogP contribution in [0.1, 0.15) is 11.6 Å². The molecule has 2 heterocycles. The topological polar surface area (TPSA) is 45.6 Å². The van der Waals surface area contributed by atoms with Gasteiger partial charge < -0.3 is 10.3 Å². The summed E-state index contributed by atoms with van der Waals surface area (Å²) < 4.78 is 56.8. The van der Waals surface area contributed by atoms with Crippen LogP contribution in [0.15, 0.2) is 79.1 Å². The zero-order valence-electron chi connectivity index (χ0n) is 16.0. The molecule has 0 aliphatic rings. The van der Waals surface area contributed by atoms with Crippen molar-refractivity contribution in [2.45, 2.75) is 12.2 Å². The molecule has 5 aromatic rings. The summed E-state index contributed by atoms with van der Waals surface area (Å²) in [7, 11) is 0. The second-order valence-corrected chi connectivity index (χ2v) is 7.21. The van der Waals surface area contributed by atoms with Crippen LogP contribution < -0.4 is 5.32 Å². The van der Waals surface area contributed by atoms with E-state index in [0.29, 0.717) is 27.7 Å². The summed E-state index contributed by atoms with van der Waals surface area (Å²) in [4.78, 5) is 3.00. The van der Waals surface area contributed by atoms with Crippen LogP contribution in [0.25, 0.3) is 27.5 Å². The lowest BCUT2D eigenvalue weighted by Crippen LogP contribution is -2.28. The van der Waals surface area contributed by atoms with Crippen molar-refractivity contribution in [1.82, 2.24) is 14.8 Å². The zero-order valence-corrected chi connectivity index (χ0v) is 16.0. The van der Waals surface area contributed by atoms with Gasteiger partial charge in [0, 0.05) is 28.2 Å². The minimum atomic E-state index is -4.51. The summed E-state index contributed by atoms with van der Waals surface area (Å²) in [5.41, 5.74) is 2.47. The highest BCUT2D eigenvalue weighted by Crippen LogP contribution is 2.38. The smallest absolute Gasteiger partial charge is 0.370 e. The molecule has 1 atom stereocenters. The summed E-state index contributed by atoms with van der Waals surface area (Å²) in [6.45, 7) is 0. The van der Waals surface area contributed by atoms with Gasteiger partial charge in [-0.05, 0) is 60.2 Å². The van der Waals surface area contributed by atoms with E-state index >= 15 is 0 Å². The fraction of sp³-hybridized carbons (Fsp3) is 0.0870. The van der Waals surface area contributed by atoms with Gasteiger partial charge in [-0.25, -0.2) is 9.07 Å². The normalized spacial score (nSPS) is 13.0. The highest BCUT2D eigenvalue weighted by atomic mass is 19.4. The second kappa shape index (κ2) is 7.16. The number of nitrogens with zero attached hydrogens (tertiary/aromatic N) is 2. The van der Waals surface area contributed by atoms with Crippen LogP contribution >= 0.6 is 0 Å². The monoisotopic (exact) mass is 424 g/mol. The standard InChI is InChI=1S/C23H16F4N4/c24-16-5-7-17(8-6-16)31-21-9-4-14(12-15(21)13-29-31)22(23(25,26)27)30-20-3-1-2-19-18(20)10-11-28-19/h1-13,22,28,30H. The average Bonchev–Trinajstić information content (AvgIpc) is 3.38. The minimum absolute atomic E-state index is 0.0752. The van der Waals surface area contributed by atoms with Gasteiger partial charge in [-0.1, -0.05) is 12.1 Å². The molecule has 0 aliphatic carbocycles. The Morgan fingerprint density at radius 1 is 0.968 bits per heavy atom. The van der Waals surface area contributed by atoms with E-state index in [1.807, 2.05) is 0 Å². The number of hydrogen-bond donors (Lipinski definition) is 2. The third-order valence-corrected chi connectivity index (χ3v) is 5.22. The van der Waals surface area contributed by atoms with Crippen LogP contribution in [0.2, 0.25) is 0 Å². The van der Waals surface area contributed by atoms with Gasteiger partial charge in [-0.3, -0.25) is 0 Å². The predicted octanol–water partition coefficient (Wildman–Crippen LogP) is 6.36. The molecule has 0 amide bonds. The van der Waals surface area contributed by atoms with Gasteiger partial charge in [0.25, 0.3) is 0 Å². The molecule has 0 aliphatic heterocycles. The molecule has 0 saturated heterocycles. The van der Waals surface area contributed by atoms with Gasteiger partial charge >= 0.3 is 6.18 Å². The number of alkyl halides is 3. The first-order valence-electron chi connectivity index (χ1n) is 9.53. The van der Waals surface area contributed by atoms with Crippen molar-refractivity contribution in [3.05, 3.63) is 90.5 Å². The van der Waals surface area contributed by atoms with Crippen molar-refractivity contribution in [3.63, 3.8) is 0 Å². The fourth-order valence-corrected chi connectivity index (χ4v) is 3.74. The van der Waals surface area contributed by atoms with E-state index < -0.39 is 12.2 Å². The number of rotatable bonds is 4. The summed E-state index contributed by atoms with van der Waals surface area (Å²) in [6.07, 6.45) is -1.32. The number of aromatic nitrogens is 3. The van der Waals surface area contributed by atoms with E-state index in [0.717, 1.165) is 5.52 Å². The van der Waals surface area contributed by atoms with Gasteiger partial charge in [-0.15, -0.1) is 0 Å². The number of hydrogen-bond acceptors (Lipinski definition) is 2. The van der Waals surface area contributed by atoms with Crippen molar-refractivity contribution < 1.29 is 17.6 Å². The van der Waals surface area contributed by atoms with Crippen LogP contribution in [-0.2, 0) is 0 Å². The van der Waals surface area contributed by atoms with E-state index in [4.69, 9.17) is 0 Å². The first-order chi connectivity index (χ1) is 14.9. The number of nitrogens with one attached hydrogen (secondary N) is 2. The molecule has 2 N–H and O–H groups in total. The van der Waals surface area contributed by atoms with Crippen LogP contribution in [0, 0.1) is 5.82 Å². The average molecular weight is 424 g/mol. The van der Waals surface area contributed by atoms with Gasteiger partial charge in [0.05, 0.1) is 17.4 Å². The molecular weight excluding hydrogens is 408 g/mol. The maximum Gasteiger partial charge on any atom is 0.412 e. The quantitative estimate of drug-likeness (QED) is 0.330. The SMILES string of the molecule is Fc1ccc(-n2ncc3cc(C(Nc4cccc5[nH]ccc45)C(F)(F)F)ccc32)cc1. The zero-order chi connectivity index (χ0) is 21.6. The van der Waals surface area contributed by atoms with Crippen molar-refractivity contribution in [3.8, 4) is 5.69 Å². The molecule has 2 aromatic heterocycles. The van der Waals surface area contributed by atoms with E-state index in [1.165, 1.54) is 30.5 Å². The Bertz CT molecular complexity index is 1370. The Balaban J connectivity index is 1.55. The number of halogens is 4. The maximum atomic E-state index is 14.0. The Kier molecular flexibility index (Phi) is 4.43. The number of anilines is 1. The van der Waals surface area contributed by atoms with Crippen LogP contribution in [-0.4, -0.2) is 20.9 Å². The Labute approximate surface area is 174 Å². The highest BCUT2D eigenvalue weighted by molar-refractivity contribution is 5.92. The number of aromatic amines is 1. The molecule has 0 saturated carbocycles. The lowest BCUT2D eigenvalue weighted by Gasteiger charge is -2.24. The lowest BCUT2D eigenvalue weighted by atomic mass is 10.0. The van der Waals surface area contributed by atoms with Gasteiger partial charge in [-0.2, -0.15) is 18.3 Å². The molecule has 8 heteroatoms. The molecule has 0 fully saturated rings.